The molecular weight excluding hydrogens is 180 g/mol. The van der Waals surface area contributed by atoms with Crippen molar-refractivity contribution >= 4 is 11.8 Å². The molecular formula is C10H12N2O2. The predicted molar refractivity (Wildman–Crippen MR) is 52.0 cm³/mol. The first kappa shape index (κ1) is 8.99. The quantitative estimate of drug-likeness (QED) is 0.683. The minimum Gasteiger partial charge on any atom is -0.444 e. The normalized spacial score (nSPS) is 15.4. The summed E-state index contributed by atoms with van der Waals surface area (Å²) in [5.74, 6) is 0. The number of carbonyl (C=O) groups excluding carboxylic acids is 1. The third-order valence-electron chi connectivity index (χ3n) is 2.20. The van der Waals surface area contributed by atoms with Crippen molar-refractivity contribution in [3.05, 3.63) is 24.0 Å². The number of ether oxygens (including phenoxy) is 1. The summed E-state index contributed by atoms with van der Waals surface area (Å²) in [6.45, 7) is 4.23. The van der Waals surface area contributed by atoms with Crippen LogP contribution in [-0.4, -0.2) is 17.1 Å². The van der Waals surface area contributed by atoms with Crippen molar-refractivity contribution in [1.82, 2.24) is 4.98 Å². The number of fused-ring (bicyclic) bond motifs is 1. The van der Waals surface area contributed by atoms with Crippen molar-refractivity contribution in [2.45, 2.75) is 26.5 Å². The van der Waals surface area contributed by atoms with Crippen LogP contribution in [0.5, 0.6) is 0 Å². The zero-order valence-corrected chi connectivity index (χ0v) is 8.23. The number of pyridine rings is 1. The third kappa shape index (κ3) is 1.32. The smallest absolute Gasteiger partial charge is 0.414 e. The first-order valence-corrected chi connectivity index (χ1v) is 4.59. The number of hydrogen-bond acceptors (Lipinski definition) is 3. The average molecular weight is 192 g/mol. The highest BCUT2D eigenvalue weighted by atomic mass is 16.6. The number of anilines is 1. The Hall–Kier alpha value is -1.58. The first-order valence-electron chi connectivity index (χ1n) is 4.59. The maximum Gasteiger partial charge on any atom is 0.414 e. The molecule has 1 aliphatic heterocycles. The number of amides is 1. The zero-order valence-electron chi connectivity index (χ0n) is 8.23. The fraction of sp³-hybridized carbons (Fsp3) is 0.400. The van der Waals surface area contributed by atoms with E-state index in [1.165, 1.54) is 0 Å². The van der Waals surface area contributed by atoms with Gasteiger partial charge in [-0.25, -0.2) is 4.79 Å². The molecule has 0 radical (unpaired) electrons. The third-order valence-corrected chi connectivity index (χ3v) is 2.20. The molecule has 1 amide bonds. The summed E-state index contributed by atoms with van der Waals surface area (Å²) in [5.41, 5.74) is 1.87. The van der Waals surface area contributed by atoms with Gasteiger partial charge in [-0.15, -0.1) is 0 Å². The maximum atomic E-state index is 11.5. The number of rotatable bonds is 1. The molecule has 2 rings (SSSR count). The molecule has 1 aromatic rings. The molecule has 4 nitrogen and oxygen atoms in total. The lowest BCUT2D eigenvalue weighted by molar-refractivity contribution is 0.139. The number of aromatic nitrogens is 1. The summed E-state index contributed by atoms with van der Waals surface area (Å²) in [6, 6.07) is 1.94. The lowest BCUT2D eigenvalue weighted by Crippen LogP contribution is -2.40. The van der Waals surface area contributed by atoms with E-state index < -0.39 is 0 Å². The molecule has 0 N–H and O–H groups in total. The zero-order chi connectivity index (χ0) is 10.1. The van der Waals surface area contributed by atoms with Gasteiger partial charge in [-0.1, -0.05) is 0 Å². The molecule has 4 heteroatoms. The Bertz CT molecular complexity index is 363. The second kappa shape index (κ2) is 3.29. The van der Waals surface area contributed by atoms with E-state index in [-0.39, 0.29) is 12.1 Å². The predicted octanol–water partition coefficient (Wildman–Crippen LogP) is 1.95. The monoisotopic (exact) mass is 192 g/mol. The molecule has 0 spiro atoms. The van der Waals surface area contributed by atoms with Crippen LogP contribution in [0.2, 0.25) is 0 Å². The molecule has 0 atom stereocenters. The van der Waals surface area contributed by atoms with E-state index in [1.807, 2.05) is 19.9 Å². The van der Waals surface area contributed by atoms with Crippen molar-refractivity contribution in [2.24, 2.45) is 0 Å². The highest BCUT2D eigenvalue weighted by molar-refractivity contribution is 5.90. The highest BCUT2D eigenvalue weighted by Crippen LogP contribution is 2.27. The van der Waals surface area contributed by atoms with E-state index in [0.717, 1.165) is 11.3 Å². The van der Waals surface area contributed by atoms with Crippen LogP contribution in [0.4, 0.5) is 10.5 Å². The minimum atomic E-state index is -0.279. The molecule has 0 unspecified atom stereocenters. The molecule has 0 fully saturated rings. The molecule has 2 heterocycles. The van der Waals surface area contributed by atoms with Crippen molar-refractivity contribution in [3.63, 3.8) is 0 Å². The summed E-state index contributed by atoms with van der Waals surface area (Å²) < 4.78 is 5.03. The van der Waals surface area contributed by atoms with Crippen molar-refractivity contribution in [3.8, 4) is 0 Å². The van der Waals surface area contributed by atoms with Crippen LogP contribution in [0.3, 0.4) is 0 Å². The average Bonchev–Trinajstić information content (AvgIpc) is 2.17. The number of cyclic esters (lactones) is 1. The van der Waals surface area contributed by atoms with Gasteiger partial charge in [0.1, 0.15) is 6.61 Å². The van der Waals surface area contributed by atoms with Crippen molar-refractivity contribution in [1.29, 1.82) is 0 Å². The summed E-state index contributed by atoms with van der Waals surface area (Å²) >= 11 is 0. The number of nitrogens with zero attached hydrogens (tertiary/aromatic N) is 2. The molecule has 1 aliphatic rings. The fourth-order valence-corrected chi connectivity index (χ4v) is 1.56. The molecule has 1 aromatic heterocycles. The van der Waals surface area contributed by atoms with Gasteiger partial charge in [-0.2, -0.15) is 0 Å². The van der Waals surface area contributed by atoms with Gasteiger partial charge in [0.05, 0.1) is 5.69 Å². The molecule has 14 heavy (non-hydrogen) atoms. The van der Waals surface area contributed by atoms with E-state index in [2.05, 4.69) is 4.98 Å². The van der Waals surface area contributed by atoms with Crippen LogP contribution in [0, 0.1) is 0 Å². The van der Waals surface area contributed by atoms with Gasteiger partial charge < -0.3 is 4.74 Å². The minimum absolute atomic E-state index is 0.101. The summed E-state index contributed by atoms with van der Waals surface area (Å²) in [6.07, 6.45) is 3.14. The Morgan fingerprint density at radius 2 is 2.36 bits per heavy atom. The molecule has 0 bridgehead atoms. The Balaban J connectivity index is 2.46. The molecule has 0 aliphatic carbocycles. The summed E-state index contributed by atoms with van der Waals surface area (Å²) in [7, 11) is 0. The van der Waals surface area contributed by atoms with E-state index >= 15 is 0 Å². The van der Waals surface area contributed by atoms with Crippen molar-refractivity contribution in [2.75, 3.05) is 4.90 Å². The second-order valence-corrected chi connectivity index (χ2v) is 3.52. The van der Waals surface area contributed by atoms with Gasteiger partial charge in [0.25, 0.3) is 0 Å². The number of hydrogen-bond donors (Lipinski definition) is 0. The Labute approximate surface area is 82.5 Å². The summed E-state index contributed by atoms with van der Waals surface area (Å²) in [5, 5.41) is 0. The Morgan fingerprint density at radius 1 is 1.57 bits per heavy atom. The van der Waals surface area contributed by atoms with Gasteiger partial charge in [0.15, 0.2) is 0 Å². The van der Waals surface area contributed by atoms with E-state index in [0.29, 0.717) is 6.61 Å². The maximum absolute atomic E-state index is 11.5. The van der Waals surface area contributed by atoms with Crippen LogP contribution in [-0.2, 0) is 11.3 Å². The van der Waals surface area contributed by atoms with Gasteiger partial charge in [0.2, 0.25) is 0 Å². The largest absolute Gasteiger partial charge is 0.444 e. The van der Waals surface area contributed by atoms with Crippen LogP contribution in [0.15, 0.2) is 18.5 Å². The van der Waals surface area contributed by atoms with Crippen molar-refractivity contribution < 1.29 is 9.53 Å². The SMILES string of the molecule is CC(C)N1C(=O)OCc2cnccc21. The van der Waals surface area contributed by atoms with Crippen LogP contribution >= 0.6 is 0 Å². The molecule has 0 saturated carbocycles. The summed E-state index contributed by atoms with van der Waals surface area (Å²) in [4.78, 5) is 17.1. The lowest BCUT2D eigenvalue weighted by Gasteiger charge is -2.31. The molecule has 74 valence electrons. The highest BCUT2D eigenvalue weighted by Gasteiger charge is 2.27. The lowest BCUT2D eigenvalue weighted by atomic mass is 10.2. The van der Waals surface area contributed by atoms with Gasteiger partial charge in [0, 0.05) is 24.0 Å². The van der Waals surface area contributed by atoms with Crippen LogP contribution in [0.1, 0.15) is 19.4 Å². The Morgan fingerprint density at radius 3 is 3.07 bits per heavy atom. The van der Waals surface area contributed by atoms with E-state index in [1.54, 1.807) is 17.3 Å². The second-order valence-electron chi connectivity index (χ2n) is 3.52. The van der Waals surface area contributed by atoms with E-state index in [9.17, 15) is 4.79 Å². The Kier molecular flexibility index (Phi) is 2.11. The fourth-order valence-electron chi connectivity index (χ4n) is 1.56. The molecule has 0 saturated heterocycles. The number of carbonyl (C=O) groups is 1. The first-order chi connectivity index (χ1) is 6.70. The van der Waals surface area contributed by atoms with Crippen LogP contribution in [0.25, 0.3) is 0 Å². The topological polar surface area (TPSA) is 42.4 Å². The van der Waals surface area contributed by atoms with Gasteiger partial charge in [-0.05, 0) is 19.9 Å². The van der Waals surface area contributed by atoms with E-state index in [4.69, 9.17) is 4.74 Å². The van der Waals surface area contributed by atoms with Gasteiger partial charge in [-0.3, -0.25) is 9.88 Å². The molecule has 0 aromatic carbocycles. The van der Waals surface area contributed by atoms with Crippen LogP contribution < -0.4 is 4.90 Å². The van der Waals surface area contributed by atoms with Gasteiger partial charge >= 0.3 is 6.09 Å². The standard InChI is InChI=1S/C10H12N2O2/c1-7(2)12-9-3-4-11-5-8(9)6-14-10(12)13/h3-5,7H,6H2,1-2H3.